The van der Waals surface area contributed by atoms with Crippen molar-refractivity contribution in [3.05, 3.63) is 89.9 Å². The summed E-state index contributed by atoms with van der Waals surface area (Å²) < 4.78 is 9.17. The quantitative estimate of drug-likeness (QED) is 0.225. The van der Waals surface area contributed by atoms with Crippen molar-refractivity contribution >= 4 is 66.4 Å². The predicted molar refractivity (Wildman–Crippen MR) is 124 cm³/mol. The highest BCUT2D eigenvalue weighted by molar-refractivity contribution is 14.1. The van der Waals surface area contributed by atoms with E-state index in [9.17, 15) is 0 Å². The molecule has 0 aliphatic heterocycles. The van der Waals surface area contributed by atoms with Crippen molar-refractivity contribution in [2.45, 2.75) is 13.5 Å². The van der Waals surface area contributed by atoms with E-state index in [1.54, 1.807) is 0 Å². The molecule has 132 valence electrons. The van der Waals surface area contributed by atoms with Gasteiger partial charge >= 0.3 is 0 Å². The van der Waals surface area contributed by atoms with Gasteiger partial charge in [0.25, 0.3) is 0 Å². The van der Waals surface area contributed by atoms with Crippen LogP contribution < -0.4 is 4.74 Å². The molecule has 0 saturated heterocycles. The molecule has 3 rings (SSSR count). The van der Waals surface area contributed by atoms with Gasteiger partial charge in [0.15, 0.2) is 0 Å². The van der Waals surface area contributed by atoms with Crippen molar-refractivity contribution in [3.63, 3.8) is 0 Å². The van der Waals surface area contributed by atoms with Crippen molar-refractivity contribution in [3.8, 4) is 5.75 Å². The first-order valence-electron chi connectivity index (χ1n) is 7.98. The molecule has 3 aromatic carbocycles. The van der Waals surface area contributed by atoms with E-state index in [4.69, 9.17) is 4.74 Å². The number of ether oxygens (including phenoxy) is 1. The normalized spacial score (nSPS) is 11.1. The fourth-order valence-corrected chi connectivity index (χ4v) is 4.17. The van der Waals surface area contributed by atoms with Crippen LogP contribution in [-0.4, -0.2) is 6.21 Å². The van der Waals surface area contributed by atoms with Crippen LogP contribution in [0.4, 0.5) is 5.69 Å². The minimum atomic E-state index is 0.517. The summed E-state index contributed by atoms with van der Waals surface area (Å²) in [5.41, 5.74) is 4.31. The molecule has 3 aromatic rings. The fourth-order valence-electron chi connectivity index (χ4n) is 2.36. The van der Waals surface area contributed by atoms with Gasteiger partial charge in [-0.2, -0.15) is 0 Å². The lowest BCUT2D eigenvalue weighted by atomic mass is 10.2. The highest BCUT2D eigenvalue weighted by Gasteiger charge is 2.02. The second kappa shape index (κ2) is 9.15. The molecule has 5 heteroatoms. The standard InChI is InChI=1S/C21H16Br2INO/c1-14-10-18(24)6-9-21(14)25-12-15-2-7-19(8-3-15)26-13-16-4-5-17(22)11-20(16)23/h2-12H,13H2,1H3. The number of benzene rings is 3. The molecule has 0 aliphatic rings. The summed E-state index contributed by atoms with van der Waals surface area (Å²) >= 11 is 9.32. The maximum atomic E-state index is 5.87. The van der Waals surface area contributed by atoms with E-state index in [0.29, 0.717) is 6.61 Å². The molecule has 0 saturated carbocycles. The van der Waals surface area contributed by atoms with Gasteiger partial charge in [0, 0.05) is 24.3 Å². The topological polar surface area (TPSA) is 21.6 Å². The van der Waals surface area contributed by atoms with Gasteiger partial charge in [0.2, 0.25) is 0 Å². The third kappa shape index (κ3) is 5.41. The van der Waals surface area contributed by atoms with Crippen LogP contribution in [0.25, 0.3) is 0 Å². The molecule has 26 heavy (non-hydrogen) atoms. The zero-order valence-electron chi connectivity index (χ0n) is 14.0. The minimum Gasteiger partial charge on any atom is -0.489 e. The Morgan fingerprint density at radius 3 is 2.46 bits per heavy atom. The van der Waals surface area contributed by atoms with E-state index in [0.717, 1.165) is 31.5 Å². The van der Waals surface area contributed by atoms with E-state index in [-0.39, 0.29) is 0 Å². The van der Waals surface area contributed by atoms with Crippen molar-refractivity contribution < 1.29 is 4.74 Å². The smallest absolute Gasteiger partial charge is 0.119 e. The summed E-state index contributed by atoms with van der Waals surface area (Å²) in [6.45, 7) is 2.59. The molecule has 2 nitrogen and oxygen atoms in total. The Morgan fingerprint density at radius 1 is 1.00 bits per heavy atom. The van der Waals surface area contributed by atoms with Gasteiger partial charge in [0.1, 0.15) is 12.4 Å². The number of hydrogen-bond donors (Lipinski definition) is 0. The van der Waals surface area contributed by atoms with Crippen LogP contribution in [0.1, 0.15) is 16.7 Å². The molecule has 0 radical (unpaired) electrons. The first-order valence-corrected chi connectivity index (χ1v) is 10.6. The summed E-state index contributed by atoms with van der Waals surface area (Å²) in [5.74, 6) is 0.836. The van der Waals surface area contributed by atoms with Crippen molar-refractivity contribution in [1.82, 2.24) is 0 Å². The van der Waals surface area contributed by atoms with Gasteiger partial charge in [-0.1, -0.05) is 37.9 Å². The lowest BCUT2D eigenvalue weighted by molar-refractivity contribution is 0.305. The van der Waals surface area contributed by atoms with Crippen LogP contribution >= 0.6 is 54.5 Å². The monoisotopic (exact) mass is 583 g/mol. The Hall–Kier alpha value is -1.18. The van der Waals surface area contributed by atoms with Gasteiger partial charge in [-0.15, -0.1) is 0 Å². The molecule has 0 bridgehead atoms. The summed E-state index contributed by atoms with van der Waals surface area (Å²) in [6, 6.07) is 20.3. The number of halogens is 3. The molecule has 0 aliphatic carbocycles. The molecular weight excluding hydrogens is 569 g/mol. The SMILES string of the molecule is Cc1cc(I)ccc1N=Cc1ccc(OCc2ccc(Br)cc2Br)cc1. The first kappa shape index (κ1) is 19.6. The van der Waals surface area contributed by atoms with Crippen LogP contribution in [0.3, 0.4) is 0 Å². The molecule has 0 fully saturated rings. The van der Waals surface area contributed by atoms with Crippen LogP contribution in [0.2, 0.25) is 0 Å². The van der Waals surface area contributed by atoms with E-state index < -0.39 is 0 Å². The van der Waals surface area contributed by atoms with Crippen LogP contribution in [0, 0.1) is 10.5 Å². The number of rotatable bonds is 5. The second-order valence-electron chi connectivity index (χ2n) is 5.78. The Kier molecular flexibility index (Phi) is 6.89. The highest BCUT2D eigenvalue weighted by Crippen LogP contribution is 2.24. The second-order valence-corrected chi connectivity index (χ2v) is 8.80. The molecule has 0 atom stereocenters. The number of aliphatic imine (C=N–C) groups is 1. The van der Waals surface area contributed by atoms with E-state index >= 15 is 0 Å². The Bertz CT molecular complexity index is 939. The van der Waals surface area contributed by atoms with Crippen molar-refractivity contribution in [2.75, 3.05) is 0 Å². The molecular formula is C21H16Br2INO. The molecule has 0 amide bonds. The Morgan fingerprint density at radius 2 is 1.77 bits per heavy atom. The zero-order chi connectivity index (χ0) is 18.5. The maximum Gasteiger partial charge on any atom is 0.119 e. The molecule has 0 spiro atoms. The zero-order valence-corrected chi connectivity index (χ0v) is 19.4. The van der Waals surface area contributed by atoms with Gasteiger partial charge in [0.05, 0.1) is 5.69 Å². The predicted octanol–water partition coefficient (Wildman–Crippen LogP) is 7.45. The fraction of sp³-hybridized carbons (Fsp3) is 0.0952. The minimum absolute atomic E-state index is 0.517. The Balaban J connectivity index is 1.63. The third-order valence-corrected chi connectivity index (χ3v) is 5.70. The molecule has 0 N–H and O–H groups in total. The van der Waals surface area contributed by atoms with Gasteiger partial charge in [-0.25, -0.2) is 0 Å². The van der Waals surface area contributed by atoms with Crippen LogP contribution in [0.5, 0.6) is 5.75 Å². The van der Waals surface area contributed by atoms with Gasteiger partial charge < -0.3 is 4.74 Å². The van der Waals surface area contributed by atoms with Crippen LogP contribution in [-0.2, 0) is 6.61 Å². The molecule has 0 unspecified atom stereocenters. The highest BCUT2D eigenvalue weighted by atomic mass is 127. The summed E-state index contributed by atoms with van der Waals surface area (Å²) in [7, 11) is 0. The van der Waals surface area contributed by atoms with Crippen molar-refractivity contribution in [2.24, 2.45) is 4.99 Å². The first-order chi connectivity index (χ1) is 12.5. The molecule has 0 aromatic heterocycles. The molecule has 0 heterocycles. The lowest BCUT2D eigenvalue weighted by Crippen LogP contribution is -1.96. The summed E-state index contributed by atoms with van der Waals surface area (Å²) in [4.78, 5) is 4.58. The maximum absolute atomic E-state index is 5.87. The lowest BCUT2D eigenvalue weighted by Gasteiger charge is -2.08. The van der Waals surface area contributed by atoms with E-state index in [1.165, 1.54) is 9.13 Å². The van der Waals surface area contributed by atoms with Crippen molar-refractivity contribution in [1.29, 1.82) is 0 Å². The number of hydrogen-bond acceptors (Lipinski definition) is 2. The Labute approximate surface area is 184 Å². The van der Waals surface area contributed by atoms with Crippen LogP contribution in [0.15, 0.2) is 74.6 Å². The average Bonchev–Trinajstić information content (AvgIpc) is 2.61. The summed E-state index contributed by atoms with van der Waals surface area (Å²) in [6.07, 6.45) is 1.88. The number of aryl methyl sites for hydroxylation is 1. The van der Waals surface area contributed by atoms with E-state index in [1.807, 2.05) is 54.7 Å². The summed E-state index contributed by atoms with van der Waals surface area (Å²) in [5, 5.41) is 0. The number of nitrogens with zero attached hydrogens (tertiary/aromatic N) is 1. The van der Waals surface area contributed by atoms with E-state index in [2.05, 4.69) is 78.5 Å². The largest absolute Gasteiger partial charge is 0.489 e. The van der Waals surface area contributed by atoms with Gasteiger partial charge in [-0.05, 0) is 95.2 Å². The van der Waals surface area contributed by atoms with Gasteiger partial charge in [-0.3, -0.25) is 4.99 Å². The third-order valence-electron chi connectivity index (χ3n) is 3.80. The average molecular weight is 585 g/mol.